The van der Waals surface area contributed by atoms with Gasteiger partial charge in [-0.3, -0.25) is 9.59 Å². The van der Waals surface area contributed by atoms with Crippen molar-refractivity contribution in [3.8, 4) is 0 Å². The van der Waals surface area contributed by atoms with E-state index in [0.29, 0.717) is 19.6 Å². The molecule has 5 heteroatoms. The fourth-order valence-electron chi connectivity index (χ4n) is 2.14. The number of unbranched alkanes of at least 4 members (excludes halogenated alkanes) is 2. The zero-order chi connectivity index (χ0) is 14.4. The molecule has 2 aromatic rings. The molecule has 0 atom stereocenters. The van der Waals surface area contributed by atoms with E-state index in [0.717, 1.165) is 29.3 Å². The van der Waals surface area contributed by atoms with Gasteiger partial charge in [-0.15, -0.1) is 11.3 Å². The number of rotatable bonds is 7. The van der Waals surface area contributed by atoms with E-state index >= 15 is 0 Å². The number of esters is 1. The maximum absolute atomic E-state index is 12.1. The zero-order valence-corrected chi connectivity index (χ0v) is 12.4. The highest BCUT2D eigenvalue weighted by atomic mass is 32.1. The van der Waals surface area contributed by atoms with Crippen LogP contribution in [0.4, 0.5) is 0 Å². The molecule has 0 aromatic carbocycles. The van der Waals surface area contributed by atoms with Crippen LogP contribution in [0.1, 0.15) is 32.6 Å². The van der Waals surface area contributed by atoms with Crippen LogP contribution in [0.3, 0.4) is 0 Å². The number of aromatic nitrogens is 1. The summed E-state index contributed by atoms with van der Waals surface area (Å²) in [6.45, 7) is 2.95. The average Bonchev–Trinajstić information content (AvgIpc) is 2.90. The van der Waals surface area contributed by atoms with Gasteiger partial charge in [-0.25, -0.2) is 0 Å². The lowest BCUT2D eigenvalue weighted by Gasteiger charge is -2.05. The molecule has 108 valence electrons. The van der Waals surface area contributed by atoms with Crippen molar-refractivity contribution in [2.45, 2.75) is 39.2 Å². The van der Waals surface area contributed by atoms with Crippen molar-refractivity contribution in [2.24, 2.45) is 0 Å². The SMILES string of the molecule is CCOC(=O)CCCCCn1ccc2sccc2c1=O. The summed E-state index contributed by atoms with van der Waals surface area (Å²) in [5.41, 5.74) is 0.0779. The Morgan fingerprint density at radius 1 is 1.30 bits per heavy atom. The van der Waals surface area contributed by atoms with Crippen molar-refractivity contribution in [1.82, 2.24) is 4.57 Å². The minimum absolute atomic E-state index is 0.0779. The van der Waals surface area contributed by atoms with E-state index < -0.39 is 0 Å². The molecule has 4 nitrogen and oxygen atoms in total. The molecule has 2 heterocycles. The summed E-state index contributed by atoms with van der Waals surface area (Å²) in [5, 5.41) is 2.74. The summed E-state index contributed by atoms with van der Waals surface area (Å²) in [5.74, 6) is -0.135. The smallest absolute Gasteiger partial charge is 0.305 e. The number of carbonyl (C=O) groups excluding carboxylic acids is 1. The highest BCUT2D eigenvalue weighted by molar-refractivity contribution is 7.17. The molecule has 0 N–H and O–H groups in total. The molecule has 0 saturated carbocycles. The van der Waals surface area contributed by atoms with Gasteiger partial charge in [0, 0.05) is 23.9 Å². The van der Waals surface area contributed by atoms with Gasteiger partial charge < -0.3 is 9.30 Å². The number of carbonyl (C=O) groups is 1. The van der Waals surface area contributed by atoms with Gasteiger partial charge in [0.05, 0.1) is 12.0 Å². The maximum Gasteiger partial charge on any atom is 0.305 e. The minimum Gasteiger partial charge on any atom is -0.466 e. The Kier molecular flexibility index (Phi) is 5.35. The van der Waals surface area contributed by atoms with Crippen molar-refractivity contribution >= 4 is 27.4 Å². The van der Waals surface area contributed by atoms with E-state index in [1.54, 1.807) is 15.9 Å². The standard InChI is InChI=1S/C15H19NO3S/c1-2-19-14(17)6-4-3-5-9-16-10-7-13-12(15(16)18)8-11-20-13/h7-8,10-11H,2-6,9H2,1H3. The number of thiophene rings is 1. The molecule has 2 aromatic heterocycles. The lowest BCUT2D eigenvalue weighted by atomic mass is 10.2. The van der Waals surface area contributed by atoms with Gasteiger partial charge in [0.15, 0.2) is 0 Å². The van der Waals surface area contributed by atoms with Crippen LogP contribution >= 0.6 is 11.3 Å². The summed E-state index contributed by atoms with van der Waals surface area (Å²) >= 11 is 1.59. The Morgan fingerprint density at radius 3 is 2.95 bits per heavy atom. The number of nitrogens with zero attached hydrogens (tertiary/aromatic N) is 1. The molecule has 0 saturated heterocycles. The van der Waals surface area contributed by atoms with Gasteiger partial charge in [-0.2, -0.15) is 0 Å². The van der Waals surface area contributed by atoms with Crippen molar-refractivity contribution in [2.75, 3.05) is 6.61 Å². The molecular formula is C15H19NO3S. The van der Waals surface area contributed by atoms with Gasteiger partial charge in [-0.05, 0) is 37.3 Å². The van der Waals surface area contributed by atoms with Crippen LogP contribution in [0.25, 0.3) is 10.1 Å². The summed E-state index contributed by atoms with van der Waals surface area (Å²) in [4.78, 5) is 23.3. The first-order chi connectivity index (χ1) is 9.72. The summed E-state index contributed by atoms with van der Waals surface area (Å²) in [6.07, 6.45) is 4.95. The monoisotopic (exact) mass is 293 g/mol. The third-order valence-corrected chi connectivity index (χ3v) is 4.06. The van der Waals surface area contributed by atoms with Crippen molar-refractivity contribution < 1.29 is 9.53 Å². The van der Waals surface area contributed by atoms with E-state index in [9.17, 15) is 9.59 Å². The molecule has 0 spiro atoms. The van der Waals surface area contributed by atoms with Crippen molar-refractivity contribution in [3.63, 3.8) is 0 Å². The first-order valence-electron chi connectivity index (χ1n) is 6.94. The summed E-state index contributed by atoms with van der Waals surface area (Å²) < 4.78 is 7.66. The van der Waals surface area contributed by atoms with Gasteiger partial charge in [0.25, 0.3) is 5.56 Å². The van der Waals surface area contributed by atoms with Crippen molar-refractivity contribution in [3.05, 3.63) is 34.1 Å². The minimum atomic E-state index is -0.135. The van der Waals surface area contributed by atoms with Crippen LogP contribution < -0.4 is 5.56 Å². The Balaban J connectivity index is 1.80. The quantitative estimate of drug-likeness (QED) is 0.582. The largest absolute Gasteiger partial charge is 0.466 e. The predicted molar refractivity (Wildman–Crippen MR) is 81.2 cm³/mol. The molecule has 0 fully saturated rings. The van der Waals surface area contributed by atoms with Gasteiger partial charge in [-0.1, -0.05) is 6.42 Å². The number of aryl methyl sites for hydroxylation is 1. The molecule has 0 aliphatic carbocycles. The van der Waals surface area contributed by atoms with E-state index in [-0.39, 0.29) is 11.5 Å². The number of hydrogen-bond donors (Lipinski definition) is 0. The van der Waals surface area contributed by atoms with E-state index in [4.69, 9.17) is 4.74 Å². The number of fused-ring (bicyclic) bond motifs is 1. The Labute approximate surface area is 122 Å². The van der Waals surface area contributed by atoms with E-state index in [2.05, 4.69) is 0 Å². The number of ether oxygens (including phenoxy) is 1. The first kappa shape index (κ1) is 14.8. The Morgan fingerprint density at radius 2 is 2.15 bits per heavy atom. The topological polar surface area (TPSA) is 48.3 Å². The average molecular weight is 293 g/mol. The molecule has 0 aliphatic rings. The molecule has 0 unspecified atom stereocenters. The van der Waals surface area contributed by atoms with E-state index in [1.807, 2.05) is 30.6 Å². The Hall–Kier alpha value is -1.62. The molecule has 0 radical (unpaired) electrons. The molecule has 0 bridgehead atoms. The van der Waals surface area contributed by atoms with Crippen molar-refractivity contribution in [1.29, 1.82) is 0 Å². The number of pyridine rings is 1. The molecule has 0 aliphatic heterocycles. The van der Waals surface area contributed by atoms with Crippen LogP contribution in [0.15, 0.2) is 28.5 Å². The fourth-order valence-corrected chi connectivity index (χ4v) is 2.92. The predicted octanol–water partition coefficient (Wildman–Crippen LogP) is 3.19. The highest BCUT2D eigenvalue weighted by Gasteiger charge is 2.04. The molecule has 0 amide bonds. The third kappa shape index (κ3) is 3.70. The number of hydrogen-bond acceptors (Lipinski definition) is 4. The van der Waals surface area contributed by atoms with Gasteiger partial charge >= 0.3 is 5.97 Å². The zero-order valence-electron chi connectivity index (χ0n) is 11.6. The lowest BCUT2D eigenvalue weighted by Crippen LogP contribution is -2.18. The summed E-state index contributed by atoms with van der Waals surface area (Å²) in [6, 6.07) is 3.86. The van der Waals surface area contributed by atoms with Crippen LogP contribution in [-0.2, 0) is 16.1 Å². The van der Waals surface area contributed by atoms with E-state index in [1.165, 1.54) is 0 Å². The van der Waals surface area contributed by atoms with Crippen LogP contribution in [0.5, 0.6) is 0 Å². The molecular weight excluding hydrogens is 274 g/mol. The summed E-state index contributed by atoms with van der Waals surface area (Å²) in [7, 11) is 0. The maximum atomic E-state index is 12.1. The third-order valence-electron chi connectivity index (χ3n) is 3.18. The van der Waals surface area contributed by atoms with Crippen LogP contribution in [-0.4, -0.2) is 17.1 Å². The lowest BCUT2D eigenvalue weighted by molar-refractivity contribution is -0.143. The Bertz CT molecular complexity index is 629. The second-order valence-corrected chi connectivity index (χ2v) is 5.58. The fraction of sp³-hybridized carbons (Fsp3) is 0.467. The second-order valence-electron chi connectivity index (χ2n) is 4.63. The molecule has 20 heavy (non-hydrogen) atoms. The normalized spacial score (nSPS) is 10.8. The van der Waals surface area contributed by atoms with Crippen LogP contribution in [0, 0.1) is 0 Å². The molecule has 2 rings (SSSR count). The van der Waals surface area contributed by atoms with Gasteiger partial charge in [0.2, 0.25) is 0 Å². The highest BCUT2D eigenvalue weighted by Crippen LogP contribution is 2.16. The van der Waals surface area contributed by atoms with Crippen LogP contribution in [0.2, 0.25) is 0 Å². The second kappa shape index (κ2) is 7.24. The first-order valence-corrected chi connectivity index (χ1v) is 7.82. The van der Waals surface area contributed by atoms with Gasteiger partial charge in [0.1, 0.15) is 0 Å².